The fourth-order valence-electron chi connectivity index (χ4n) is 3.75. The first-order valence-corrected chi connectivity index (χ1v) is 10.3. The van der Waals surface area contributed by atoms with Crippen LogP contribution in [-0.2, 0) is 4.79 Å². The molecule has 0 spiro atoms. The number of rotatable bonds is 1. The highest BCUT2D eigenvalue weighted by atomic mass is 32.2. The highest BCUT2D eigenvalue weighted by Crippen LogP contribution is 2.31. The lowest BCUT2D eigenvalue weighted by Gasteiger charge is -2.30. The summed E-state index contributed by atoms with van der Waals surface area (Å²) in [6, 6.07) is 7.85. The lowest BCUT2D eigenvalue weighted by Crippen LogP contribution is -2.36. The van der Waals surface area contributed by atoms with Gasteiger partial charge in [0.1, 0.15) is 0 Å². The van der Waals surface area contributed by atoms with Gasteiger partial charge in [-0.3, -0.25) is 15.2 Å². The predicted molar refractivity (Wildman–Crippen MR) is 111 cm³/mol. The second-order valence-electron chi connectivity index (χ2n) is 7.43. The summed E-state index contributed by atoms with van der Waals surface area (Å²) in [5.41, 5.74) is 1.20. The molecule has 0 aromatic heterocycles. The molecule has 0 aliphatic carbocycles. The first-order valence-electron chi connectivity index (χ1n) is 9.48. The Balaban J connectivity index is 1.46. The molecule has 4 heterocycles. The van der Waals surface area contributed by atoms with E-state index in [-0.39, 0.29) is 17.3 Å². The zero-order valence-corrected chi connectivity index (χ0v) is 16.4. The summed E-state index contributed by atoms with van der Waals surface area (Å²) in [6.07, 6.45) is 4.02. The van der Waals surface area contributed by atoms with Crippen molar-refractivity contribution in [3.05, 3.63) is 46.5 Å². The third kappa shape index (κ3) is 2.88. The smallest absolute Gasteiger partial charge is 0.283 e. The van der Waals surface area contributed by atoms with E-state index in [0.29, 0.717) is 11.7 Å². The first-order chi connectivity index (χ1) is 13.6. The molecular formula is C20H20N6OS. The van der Waals surface area contributed by atoms with Crippen LogP contribution in [0.3, 0.4) is 0 Å². The average Bonchev–Trinajstić information content (AvgIpc) is 3.30. The Morgan fingerprint density at radius 2 is 2.00 bits per heavy atom. The number of carbonyl (C=O) groups excluding carboxylic acids is 1. The lowest BCUT2D eigenvalue weighted by molar-refractivity contribution is -0.114. The van der Waals surface area contributed by atoms with Crippen LogP contribution in [0.25, 0.3) is 5.57 Å². The summed E-state index contributed by atoms with van der Waals surface area (Å²) >= 11 is 1.38. The predicted octanol–water partition coefficient (Wildman–Crippen LogP) is 1.32. The van der Waals surface area contributed by atoms with Gasteiger partial charge in [-0.05, 0) is 48.2 Å². The molecule has 4 aliphatic heterocycles. The molecule has 1 aromatic carbocycles. The highest BCUT2D eigenvalue weighted by Gasteiger charge is 2.37. The normalized spacial score (nSPS) is 23.6. The number of hydrogen-bond acceptors (Lipinski definition) is 6. The number of hydrogen-bond donors (Lipinski definition) is 1. The van der Waals surface area contributed by atoms with Crippen LogP contribution in [-0.4, -0.2) is 51.6 Å². The van der Waals surface area contributed by atoms with Gasteiger partial charge in [-0.1, -0.05) is 25.1 Å². The average molecular weight is 392 g/mol. The Labute approximate surface area is 166 Å². The van der Waals surface area contributed by atoms with Crippen molar-refractivity contribution < 1.29 is 4.79 Å². The fourth-order valence-corrected chi connectivity index (χ4v) is 4.69. The maximum atomic E-state index is 12.6. The van der Waals surface area contributed by atoms with Crippen LogP contribution in [0.5, 0.6) is 0 Å². The molecule has 0 saturated carbocycles. The van der Waals surface area contributed by atoms with E-state index in [9.17, 15) is 4.79 Å². The molecule has 1 saturated heterocycles. The van der Waals surface area contributed by atoms with E-state index in [1.54, 1.807) is 6.08 Å². The molecule has 28 heavy (non-hydrogen) atoms. The van der Waals surface area contributed by atoms with Crippen molar-refractivity contribution in [2.24, 2.45) is 21.0 Å². The molecule has 0 bridgehead atoms. The quantitative estimate of drug-likeness (QED) is 0.731. The van der Waals surface area contributed by atoms with E-state index in [0.717, 1.165) is 53.2 Å². The van der Waals surface area contributed by atoms with Gasteiger partial charge in [-0.15, -0.1) is 5.10 Å². The molecule has 5 rings (SSSR count). The highest BCUT2D eigenvalue weighted by molar-refractivity contribution is 8.26. The van der Waals surface area contributed by atoms with Gasteiger partial charge in [0.25, 0.3) is 5.91 Å². The van der Waals surface area contributed by atoms with E-state index in [4.69, 9.17) is 5.41 Å². The Kier molecular flexibility index (Phi) is 4.16. The van der Waals surface area contributed by atoms with Gasteiger partial charge in [0.15, 0.2) is 11.0 Å². The Morgan fingerprint density at radius 3 is 2.82 bits per heavy atom. The number of nitrogens with one attached hydrogen (secondary N) is 1. The molecule has 4 aliphatic rings. The van der Waals surface area contributed by atoms with Gasteiger partial charge < -0.3 is 4.90 Å². The summed E-state index contributed by atoms with van der Waals surface area (Å²) in [4.78, 5) is 23.6. The van der Waals surface area contributed by atoms with E-state index >= 15 is 0 Å². The van der Waals surface area contributed by atoms with Crippen molar-refractivity contribution in [3.8, 4) is 0 Å². The van der Waals surface area contributed by atoms with Crippen molar-refractivity contribution in [3.63, 3.8) is 0 Å². The van der Waals surface area contributed by atoms with Gasteiger partial charge in [-0.25, -0.2) is 0 Å². The van der Waals surface area contributed by atoms with Crippen molar-refractivity contribution in [1.82, 2.24) is 9.91 Å². The second kappa shape index (κ2) is 6.70. The number of amidine groups is 3. The molecule has 1 amide bonds. The van der Waals surface area contributed by atoms with Crippen LogP contribution in [0.1, 0.15) is 19.8 Å². The first kappa shape index (κ1) is 17.4. The summed E-state index contributed by atoms with van der Waals surface area (Å²) < 4.78 is 0. The molecule has 142 valence electrons. The fraction of sp³-hybridized carbons (Fsp3) is 0.350. The van der Waals surface area contributed by atoms with Gasteiger partial charge in [0, 0.05) is 18.3 Å². The number of aliphatic imine (C=N–C) groups is 1. The molecule has 8 heteroatoms. The summed E-state index contributed by atoms with van der Waals surface area (Å²) in [7, 11) is 0. The number of para-hydroxylation sites is 1. The van der Waals surface area contributed by atoms with Gasteiger partial charge >= 0.3 is 0 Å². The molecule has 0 atom stereocenters. The van der Waals surface area contributed by atoms with Crippen LogP contribution in [0.4, 0.5) is 0 Å². The molecule has 7 nitrogen and oxygen atoms in total. The maximum absolute atomic E-state index is 12.6. The monoisotopic (exact) mass is 392 g/mol. The zero-order valence-electron chi connectivity index (χ0n) is 15.6. The molecule has 1 N–H and O–H groups in total. The number of fused-ring (bicyclic) bond motifs is 2. The molecule has 0 unspecified atom stereocenters. The van der Waals surface area contributed by atoms with E-state index in [1.807, 2.05) is 24.3 Å². The van der Waals surface area contributed by atoms with Gasteiger partial charge in [0.05, 0.1) is 17.5 Å². The Hall–Kier alpha value is -2.74. The topological polar surface area (TPSA) is 84.5 Å². The number of thioether (sulfide) groups is 1. The summed E-state index contributed by atoms with van der Waals surface area (Å²) in [5, 5.41) is 17.9. The molecule has 0 radical (unpaired) electrons. The van der Waals surface area contributed by atoms with E-state index < -0.39 is 0 Å². The van der Waals surface area contributed by atoms with Crippen molar-refractivity contribution >= 4 is 39.4 Å². The maximum Gasteiger partial charge on any atom is 0.283 e. The van der Waals surface area contributed by atoms with Gasteiger partial charge in [0.2, 0.25) is 5.17 Å². The molecule has 1 aromatic rings. The molecule has 1 fully saturated rings. The number of nitrogens with zero attached hydrogens (tertiary/aromatic N) is 5. The number of likely N-dealkylation sites (tertiary alicyclic amines) is 1. The largest absolute Gasteiger partial charge is 0.349 e. The third-order valence-corrected chi connectivity index (χ3v) is 6.46. The zero-order chi connectivity index (χ0) is 19.3. The number of benzene rings is 1. The summed E-state index contributed by atoms with van der Waals surface area (Å²) in [6.45, 7) is 4.68. The van der Waals surface area contributed by atoms with Crippen LogP contribution < -0.4 is 10.6 Å². The van der Waals surface area contributed by atoms with Crippen molar-refractivity contribution in [2.45, 2.75) is 19.8 Å². The van der Waals surface area contributed by atoms with Crippen LogP contribution in [0, 0.1) is 11.3 Å². The van der Waals surface area contributed by atoms with Crippen LogP contribution >= 0.6 is 11.8 Å². The second-order valence-corrected chi connectivity index (χ2v) is 8.37. The lowest BCUT2D eigenvalue weighted by atomic mass is 10.00. The molecular weight excluding hydrogens is 372 g/mol. The van der Waals surface area contributed by atoms with E-state index in [1.165, 1.54) is 16.8 Å². The minimum atomic E-state index is -0.385. The minimum absolute atomic E-state index is 0.0831. The Bertz CT molecular complexity index is 1090. The van der Waals surface area contributed by atoms with E-state index in [2.05, 4.69) is 26.9 Å². The van der Waals surface area contributed by atoms with Crippen molar-refractivity contribution in [2.75, 3.05) is 19.6 Å². The number of carbonyl (C=O) groups is 1. The summed E-state index contributed by atoms with van der Waals surface area (Å²) in [5.74, 6) is 0.429. The standard InChI is InChI=1S/C20H20N6OS/c1-12-6-8-25(9-7-12)20-24-26-17(21)15(18(27)23-19(26)28-20)10-13-11-22-16-5-3-2-4-14(13)16/h2-5,10,12,21H,6-9,11H2,1H3/b15-10+,21-17?. The Morgan fingerprint density at radius 1 is 1.21 bits per heavy atom. The number of piperidine rings is 1. The third-order valence-electron chi connectivity index (χ3n) is 5.49. The van der Waals surface area contributed by atoms with Crippen LogP contribution in [0.2, 0.25) is 0 Å². The number of amides is 1. The minimum Gasteiger partial charge on any atom is -0.349 e. The SMILES string of the molecule is CC1CCN(C2=NN3C(=N)/C(=C\C4=c5ccccc5=NC4)C(=O)N=C3S2)CC1. The van der Waals surface area contributed by atoms with Crippen molar-refractivity contribution in [1.29, 1.82) is 5.41 Å². The van der Waals surface area contributed by atoms with Gasteiger partial charge in [-0.2, -0.15) is 10.0 Å². The number of hydrazone groups is 1. The van der Waals surface area contributed by atoms with Crippen LogP contribution in [0.15, 0.2) is 51.0 Å².